The van der Waals surface area contributed by atoms with E-state index in [4.69, 9.17) is 9.47 Å². The van der Waals surface area contributed by atoms with Crippen molar-refractivity contribution in [3.63, 3.8) is 0 Å². The molecule has 2 heterocycles. The van der Waals surface area contributed by atoms with Crippen molar-refractivity contribution in [2.24, 2.45) is 0 Å². The number of nitrogens with zero attached hydrogens (tertiary/aromatic N) is 1. The normalized spacial score (nSPS) is 21.1. The number of anilines is 1. The van der Waals surface area contributed by atoms with Gasteiger partial charge in [0, 0.05) is 26.1 Å². The molecule has 1 aromatic rings. The third-order valence-electron chi connectivity index (χ3n) is 3.83. The highest BCUT2D eigenvalue weighted by Crippen LogP contribution is 2.35. The SMILES string of the molecule is COc1ccccc1N1C(=O)NC2(CCOCC2)C1=O. The van der Waals surface area contributed by atoms with Gasteiger partial charge in [-0.15, -0.1) is 0 Å². The quantitative estimate of drug-likeness (QED) is 0.827. The monoisotopic (exact) mass is 276 g/mol. The standard InChI is InChI=1S/C14H16N2O4/c1-19-11-5-3-2-4-10(11)16-12(17)14(15-13(16)18)6-8-20-9-7-14/h2-5H,6-9H2,1H3,(H,15,18). The Hall–Kier alpha value is -2.08. The first-order valence-corrected chi connectivity index (χ1v) is 6.55. The first-order chi connectivity index (χ1) is 9.68. The van der Waals surface area contributed by atoms with E-state index in [1.165, 1.54) is 12.0 Å². The van der Waals surface area contributed by atoms with Gasteiger partial charge in [0.15, 0.2) is 0 Å². The number of urea groups is 1. The zero-order chi connectivity index (χ0) is 14.2. The number of benzene rings is 1. The number of ether oxygens (including phenoxy) is 2. The molecular weight excluding hydrogens is 260 g/mol. The van der Waals surface area contributed by atoms with Crippen LogP contribution in [0.15, 0.2) is 24.3 Å². The van der Waals surface area contributed by atoms with Crippen LogP contribution in [0.5, 0.6) is 5.75 Å². The summed E-state index contributed by atoms with van der Waals surface area (Å²) in [6.45, 7) is 0.956. The number of carbonyl (C=O) groups excluding carboxylic acids is 2. The summed E-state index contributed by atoms with van der Waals surface area (Å²) >= 11 is 0. The van der Waals surface area contributed by atoms with Crippen LogP contribution in [0.1, 0.15) is 12.8 Å². The van der Waals surface area contributed by atoms with Gasteiger partial charge in [-0.3, -0.25) is 4.79 Å². The van der Waals surface area contributed by atoms with Gasteiger partial charge in [0.25, 0.3) is 5.91 Å². The van der Waals surface area contributed by atoms with E-state index in [1.54, 1.807) is 24.3 Å². The van der Waals surface area contributed by atoms with Crippen molar-refractivity contribution in [3.8, 4) is 5.75 Å². The molecule has 20 heavy (non-hydrogen) atoms. The van der Waals surface area contributed by atoms with Gasteiger partial charge in [-0.2, -0.15) is 0 Å². The molecule has 2 saturated heterocycles. The van der Waals surface area contributed by atoms with Crippen molar-refractivity contribution in [2.45, 2.75) is 18.4 Å². The smallest absolute Gasteiger partial charge is 0.329 e. The van der Waals surface area contributed by atoms with Crippen LogP contribution >= 0.6 is 0 Å². The highest BCUT2D eigenvalue weighted by Gasteiger charge is 2.52. The van der Waals surface area contributed by atoms with E-state index in [2.05, 4.69) is 5.32 Å². The van der Waals surface area contributed by atoms with Gasteiger partial charge in [-0.05, 0) is 12.1 Å². The summed E-state index contributed by atoms with van der Waals surface area (Å²) in [5, 5.41) is 2.82. The van der Waals surface area contributed by atoms with E-state index in [0.29, 0.717) is 37.5 Å². The Morgan fingerprint density at radius 1 is 1.25 bits per heavy atom. The Balaban J connectivity index is 1.98. The van der Waals surface area contributed by atoms with Crippen molar-refractivity contribution in [3.05, 3.63) is 24.3 Å². The molecule has 1 aromatic carbocycles. The second kappa shape index (κ2) is 4.79. The molecule has 2 aliphatic rings. The van der Waals surface area contributed by atoms with Gasteiger partial charge < -0.3 is 14.8 Å². The number of hydrogen-bond acceptors (Lipinski definition) is 4. The average Bonchev–Trinajstić information content (AvgIpc) is 2.71. The van der Waals surface area contributed by atoms with E-state index in [-0.39, 0.29) is 5.91 Å². The number of hydrogen-bond donors (Lipinski definition) is 1. The molecule has 0 aliphatic carbocycles. The summed E-state index contributed by atoms with van der Waals surface area (Å²) in [6, 6.07) is 6.60. The fraction of sp³-hybridized carbons (Fsp3) is 0.429. The molecule has 0 aromatic heterocycles. The number of imide groups is 1. The molecule has 6 heteroatoms. The van der Waals surface area contributed by atoms with Gasteiger partial charge in [-0.1, -0.05) is 12.1 Å². The number of amides is 3. The van der Waals surface area contributed by atoms with Crippen LogP contribution in [0.3, 0.4) is 0 Å². The summed E-state index contributed by atoms with van der Waals surface area (Å²) in [5.74, 6) is 0.274. The minimum Gasteiger partial charge on any atom is -0.495 e. The number of nitrogens with one attached hydrogen (secondary N) is 1. The van der Waals surface area contributed by atoms with E-state index in [1.807, 2.05) is 0 Å². The molecule has 0 unspecified atom stereocenters. The predicted octanol–water partition coefficient (Wildman–Crippen LogP) is 1.30. The fourth-order valence-electron chi connectivity index (χ4n) is 2.71. The largest absolute Gasteiger partial charge is 0.495 e. The van der Waals surface area contributed by atoms with Crippen LogP contribution in [0.2, 0.25) is 0 Å². The van der Waals surface area contributed by atoms with Gasteiger partial charge in [0.2, 0.25) is 0 Å². The number of methoxy groups -OCH3 is 1. The minimum atomic E-state index is -0.823. The maximum atomic E-state index is 12.7. The molecule has 106 valence electrons. The molecule has 0 bridgehead atoms. The van der Waals surface area contributed by atoms with Gasteiger partial charge in [0.05, 0.1) is 12.8 Å². The first kappa shape index (κ1) is 12.9. The Kier molecular flexibility index (Phi) is 3.10. The Morgan fingerprint density at radius 2 is 1.95 bits per heavy atom. The van der Waals surface area contributed by atoms with E-state index in [9.17, 15) is 9.59 Å². The highest BCUT2D eigenvalue weighted by molar-refractivity contribution is 6.24. The van der Waals surface area contributed by atoms with Crippen LogP contribution < -0.4 is 15.0 Å². The Bertz CT molecular complexity index is 552. The zero-order valence-corrected chi connectivity index (χ0v) is 11.2. The second-order valence-electron chi connectivity index (χ2n) is 4.94. The number of rotatable bonds is 2. The van der Waals surface area contributed by atoms with Crippen molar-refractivity contribution < 1.29 is 19.1 Å². The fourth-order valence-corrected chi connectivity index (χ4v) is 2.71. The molecule has 0 saturated carbocycles. The summed E-state index contributed by atoms with van der Waals surface area (Å²) < 4.78 is 10.5. The summed E-state index contributed by atoms with van der Waals surface area (Å²) in [7, 11) is 1.52. The lowest BCUT2D eigenvalue weighted by Gasteiger charge is -2.30. The zero-order valence-electron chi connectivity index (χ0n) is 11.2. The van der Waals surface area contributed by atoms with Crippen LogP contribution in [-0.2, 0) is 9.53 Å². The predicted molar refractivity (Wildman–Crippen MR) is 71.8 cm³/mol. The molecule has 1 N–H and O–H groups in total. The van der Waals surface area contributed by atoms with E-state index >= 15 is 0 Å². The molecule has 0 atom stereocenters. The maximum Gasteiger partial charge on any atom is 0.329 e. The van der Waals surface area contributed by atoms with E-state index < -0.39 is 11.6 Å². The minimum absolute atomic E-state index is 0.227. The topological polar surface area (TPSA) is 67.9 Å². The second-order valence-corrected chi connectivity index (χ2v) is 4.94. The van der Waals surface area contributed by atoms with Crippen LogP contribution in [0, 0.1) is 0 Å². The average molecular weight is 276 g/mol. The highest BCUT2D eigenvalue weighted by atomic mass is 16.5. The lowest BCUT2D eigenvalue weighted by atomic mass is 9.90. The summed E-state index contributed by atoms with van der Waals surface area (Å²) in [5.41, 5.74) is -0.350. The lowest BCUT2D eigenvalue weighted by Crippen LogP contribution is -2.51. The van der Waals surface area contributed by atoms with Crippen molar-refractivity contribution in [2.75, 3.05) is 25.2 Å². The summed E-state index contributed by atoms with van der Waals surface area (Å²) in [6.07, 6.45) is 1.01. The van der Waals surface area contributed by atoms with Gasteiger partial charge >= 0.3 is 6.03 Å². The van der Waals surface area contributed by atoms with Crippen LogP contribution in [-0.4, -0.2) is 37.8 Å². The molecule has 2 fully saturated rings. The van der Waals surface area contributed by atoms with Crippen molar-refractivity contribution in [1.82, 2.24) is 5.32 Å². The molecule has 1 spiro atoms. The molecule has 3 rings (SSSR count). The maximum absolute atomic E-state index is 12.7. The molecule has 3 amide bonds. The summed E-state index contributed by atoms with van der Waals surface area (Å²) in [4.78, 5) is 26.1. The number of para-hydroxylation sites is 2. The van der Waals surface area contributed by atoms with Crippen molar-refractivity contribution in [1.29, 1.82) is 0 Å². The van der Waals surface area contributed by atoms with Crippen molar-refractivity contribution >= 4 is 17.6 Å². The molecule has 6 nitrogen and oxygen atoms in total. The van der Waals surface area contributed by atoms with Crippen LogP contribution in [0.4, 0.5) is 10.5 Å². The Labute approximate surface area is 116 Å². The Morgan fingerprint density at radius 3 is 2.65 bits per heavy atom. The third kappa shape index (κ3) is 1.84. The van der Waals surface area contributed by atoms with Gasteiger partial charge in [-0.25, -0.2) is 9.69 Å². The molecule has 0 radical (unpaired) electrons. The molecule has 2 aliphatic heterocycles. The van der Waals surface area contributed by atoms with Gasteiger partial charge in [0.1, 0.15) is 11.3 Å². The molecular formula is C14H16N2O4. The van der Waals surface area contributed by atoms with E-state index in [0.717, 1.165) is 0 Å². The lowest BCUT2D eigenvalue weighted by molar-refractivity contribution is -0.125. The first-order valence-electron chi connectivity index (χ1n) is 6.55. The number of carbonyl (C=O) groups is 2. The van der Waals surface area contributed by atoms with Crippen LogP contribution in [0.25, 0.3) is 0 Å². The third-order valence-corrected chi connectivity index (χ3v) is 3.83.